The largest absolute Gasteiger partial charge is 0.478 e. The summed E-state index contributed by atoms with van der Waals surface area (Å²) in [6.45, 7) is 0.994. The van der Waals surface area contributed by atoms with E-state index < -0.39 is 5.97 Å². The molecule has 0 radical (unpaired) electrons. The molecule has 1 saturated carbocycles. The Morgan fingerprint density at radius 1 is 1.50 bits per heavy atom. The number of nitrogens with zero attached hydrogens (tertiary/aromatic N) is 2. The Labute approximate surface area is 105 Å². The Morgan fingerprint density at radius 3 is 3.06 bits per heavy atom. The summed E-state index contributed by atoms with van der Waals surface area (Å²) in [5.41, 5.74) is 2.00. The van der Waals surface area contributed by atoms with Crippen molar-refractivity contribution in [2.45, 2.75) is 19.4 Å². The van der Waals surface area contributed by atoms with Crippen molar-refractivity contribution >= 4 is 22.9 Å². The molecule has 0 unspecified atom stereocenters. The topological polar surface area (TPSA) is 55.1 Å². The zero-order chi connectivity index (χ0) is 12.5. The van der Waals surface area contributed by atoms with Crippen molar-refractivity contribution < 1.29 is 9.90 Å². The lowest BCUT2D eigenvalue weighted by Gasteiger charge is -2.01. The first kappa shape index (κ1) is 11.0. The van der Waals surface area contributed by atoms with Gasteiger partial charge < -0.3 is 5.11 Å². The van der Waals surface area contributed by atoms with Crippen molar-refractivity contribution in [3.05, 3.63) is 36.0 Å². The van der Waals surface area contributed by atoms with Crippen LogP contribution in [0.25, 0.3) is 17.0 Å². The molecule has 0 aliphatic heterocycles. The quantitative estimate of drug-likeness (QED) is 0.838. The second-order valence-corrected chi connectivity index (χ2v) is 4.76. The van der Waals surface area contributed by atoms with Gasteiger partial charge in [-0.1, -0.05) is 6.07 Å². The van der Waals surface area contributed by atoms with E-state index in [0.29, 0.717) is 0 Å². The second-order valence-electron chi connectivity index (χ2n) is 4.76. The lowest BCUT2D eigenvalue weighted by Crippen LogP contribution is -2.00. The minimum atomic E-state index is -0.931. The fourth-order valence-electron chi connectivity index (χ4n) is 2.07. The monoisotopic (exact) mass is 242 g/mol. The van der Waals surface area contributed by atoms with Gasteiger partial charge in [0.25, 0.3) is 0 Å². The number of hydrogen-bond donors (Lipinski definition) is 1. The number of fused-ring (bicyclic) bond motifs is 1. The molecule has 0 spiro atoms. The second kappa shape index (κ2) is 4.29. The van der Waals surface area contributed by atoms with Crippen LogP contribution in [0.4, 0.5) is 0 Å². The Bertz CT molecular complexity index is 624. The standard InChI is InChI=1S/C14H14N2O2/c17-14(18)6-4-10-3-5-13-12(7-10)8-15-16(13)9-11-1-2-11/h3-8,11H,1-2,9H2,(H,17,18)/b6-4+. The summed E-state index contributed by atoms with van der Waals surface area (Å²) in [5, 5.41) is 14.0. The third kappa shape index (κ3) is 2.27. The first-order valence-corrected chi connectivity index (χ1v) is 6.09. The van der Waals surface area contributed by atoms with Crippen LogP contribution in [0.5, 0.6) is 0 Å². The molecule has 4 nitrogen and oxygen atoms in total. The summed E-state index contributed by atoms with van der Waals surface area (Å²) in [6, 6.07) is 5.89. The zero-order valence-electron chi connectivity index (χ0n) is 9.91. The third-order valence-corrected chi connectivity index (χ3v) is 3.21. The van der Waals surface area contributed by atoms with Gasteiger partial charge in [0.2, 0.25) is 0 Å². The summed E-state index contributed by atoms with van der Waals surface area (Å²) < 4.78 is 2.04. The molecule has 4 heteroatoms. The minimum absolute atomic E-state index is 0.791. The molecule has 0 bridgehead atoms. The van der Waals surface area contributed by atoms with E-state index in [9.17, 15) is 4.79 Å². The lowest BCUT2D eigenvalue weighted by molar-refractivity contribution is -0.131. The fraction of sp³-hybridized carbons (Fsp3) is 0.286. The van der Waals surface area contributed by atoms with Gasteiger partial charge in [0, 0.05) is 18.0 Å². The van der Waals surface area contributed by atoms with Crippen molar-refractivity contribution in [1.82, 2.24) is 9.78 Å². The molecule has 1 heterocycles. The van der Waals surface area contributed by atoms with Crippen molar-refractivity contribution in [3.63, 3.8) is 0 Å². The van der Waals surface area contributed by atoms with Crippen molar-refractivity contribution in [3.8, 4) is 0 Å². The number of aliphatic carboxylic acids is 1. The van der Waals surface area contributed by atoms with Gasteiger partial charge in [0.1, 0.15) is 0 Å². The van der Waals surface area contributed by atoms with Gasteiger partial charge >= 0.3 is 5.97 Å². The highest BCUT2D eigenvalue weighted by Crippen LogP contribution is 2.31. The lowest BCUT2D eigenvalue weighted by atomic mass is 10.1. The maximum Gasteiger partial charge on any atom is 0.328 e. The van der Waals surface area contributed by atoms with Crippen LogP contribution in [0.3, 0.4) is 0 Å². The number of carboxylic acids is 1. The highest BCUT2D eigenvalue weighted by Gasteiger charge is 2.22. The molecule has 2 aromatic rings. The predicted octanol–water partition coefficient (Wildman–Crippen LogP) is 2.54. The van der Waals surface area contributed by atoms with E-state index in [-0.39, 0.29) is 0 Å². The normalized spacial score (nSPS) is 15.6. The van der Waals surface area contributed by atoms with Crippen LogP contribution >= 0.6 is 0 Å². The summed E-state index contributed by atoms with van der Waals surface area (Å²) in [7, 11) is 0. The molecular formula is C14H14N2O2. The predicted molar refractivity (Wildman–Crippen MR) is 69.1 cm³/mol. The van der Waals surface area contributed by atoms with E-state index in [2.05, 4.69) is 5.10 Å². The Kier molecular flexibility index (Phi) is 2.63. The van der Waals surface area contributed by atoms with Crippen LogP contribution < -0.4 is 0 Å². The first-order chi connectivity index (χ1) is 8.72. The molecule has 0 saturated heterocycles. The van der Waals surface area contributed by atoms with Gasteiger partial charge in [-0.2, -0.15) is 5.10 Å². The van der Waals surface area contributed by atoms with E-state index in [4.69, 9.17) is 5.11 Å². The van der Waals surface area contributed by atoms with E-state index >= 15 is 0 Å². The third-order valence-electron chi connectivity index (χ3n) is 3.21. The van der Waals surface area contributed by atoms with Crippen molar-refractivity contribution in [2.75, 3.05) is 0 Å². The molecular weight excluding hydrogens is 228 g/mol. The highest BCUT2D eigenvalue weighted by atomic mass is 16.4. The molecule has 1 aliphatic carbocycles. The van der Waals surface area contributed by atoms with Crippen LogP contribution in [0, 0.1) is 5.92 Å². The first-order valence-electron chi connectivity index (χ1n) is 6.09. The summed E-state index contributed by atoms with van der Waals surface area (Å²) in [6.07, 6.45) is 7.20. The van der Waals surface area contributed by atoms with Crippen LogP contribution in [-0.4, -0.2) is 20.9 Å². The summed E-state index contributed by atoms with van der Waals surface area (Å²) >= 11 is 0. The molecule has 1 aliphatic rings. The smallest absolute Gasteiger partial charge is 0.328 e. The molecule has 1 fully saturated rings. The SMILES string of the molecule is O=C(O)/C=C/c1ccc2c(cnn2CC2CC2)c1. The Hall–Kier alpha value is -2.10. The fourth-order valence-corrected chi connectivity index (χ4v) is 2.07. The van der Waals surface area contributed by atoms with Crippen LogP contribution in [0.15, 0.2) is 30.5 Å². The number of rotatable bonds is 4. The summed E-state index contributed by atoms with van der Waals surface area (Å²) in [4.78, 5) is 10.5. The average Bonchev–Trinajstić information content (AvgIpc) is 3.08. The number of hydrogen-bond acceptors (Lipinski definition) is 2. The maximum absolute atomic E-state index is 10.5. The Morgan fingerprint density at radius 2 is 2.33 bits per heavy atom. The van der Waals surface area contributed by atoms with E-state index in [1.165, 1.54) is 12.8 Å². The van der Waals surface area contributed by atoms with Crippen LogP contribution in [0.2, 0.25) is 0 Å². The maximum atomic E-state index is 10.5. The van der Waals surface area contributed by atoms with Gasteiger partial charge in [-0.05, 0) is 42.5 Å². The van der Waals surface area contributed by atoms with E-state index in [0.717, 1.165) is 35.0 Å². The van der Waals surface area contributed by atoms with Crippen molar-refractivity contribution in [2.24, 2.45) is 5.92 Å². The van der Waals surface area contributed by atoms with Crippen molar-refractivity contribution in [1.29, 1.82) is 0 Å². The number of carboxylic acid groups (broad SMARTS) is 1. The van der Waals surface area contributed by atoms with Gasteiger partial charge in [-0.25, -0.2) is 4.79 Å². The van der Waals surface area contributed by atoms with Crippen LogP contribution in [0.1, 0.15) is 18.4 Å². The van der Waals surface area contributed by atoms with Gasteiger partial charge in [0.05, 0.1) is 11.7 Å². The molecule has 1 N–H and O–H groups in total. The highest BCUT2D eigenvalue weighted by molar-refractivity contribution is 5.87. The minimum Gasteiger partial charge on any atom is -0.478 e. The van der Waals surface area contributed by atoms with Crippen LogP contribution in [-0.2, 0) is 11.3 Å². The number of carbonyl (C=O) groups is 1. The molecule has 0 atom stereocenters. The molecule has 92 valence electrons. The molecule has 1 aromatic heterocycles. The molecule has 1 aromatic carbocycles. The number of benzene rings is 1. The zero-order valence-corrected chi connectivity index (χ0v) is 9.91. The number of aromatic nitrogens is 2. The molecule has 18 heavy (non-hydrogen) atoms. The van der Waals surface area contributed by atoms with Gasteiger partial charge in [0.15, 0.2) is 0 Å². The van der Waals surface area contributed by atoms with Gasteiger partial charge in [-0.3, -0.25) is 4.68 Å². The molecule has 3 rings (SSSR count). The Balaban J connectivity index is 1.90. The van der Waals surface area contributed by atoms with E-state index in [1.54, 1.807) is 6.08 Å². The molecule has 0 amide bonds. The van der Waals surface area contributed by atoms with Gasteiger partial charge in [-0.15, -0.1) is 0 Å². The van der Waals surface area contributed by atoms with E-state index in [1.807, 2.05) is 29.1 Å². The summed E-state index contributed by atoms with van der Waals surface area (Å²) in [5.74, 6) is -0.140. The average molecular weight is 242 g/mol.